The van der Waals surface area contributed by atoms with E-state index < -0.39 is 11.9 Å². The van der Waals surface area contributed by atoms with Crippen LogP contribution in [0.3, 0.4) is 0 Å². The molecule has 2 rings (SSSR count). The summed E-state index contributed by atoms with van der Waals surface area (Å²) in [7, 11) is 0. The first-order valence-corrected chi connectivity index (χ1v) is 10.2. The summed E-state index contributed by atoms with van der Waals surface area (Å²) in [5.74, 6) is -1.21. The molecule has 0 saturated heterocycles. The number of rotatable bonds is 8. The number of thioether (sulfide) groups is 2. The molecule has 0 saturated carbocycles. The van der Waals surface area contributed by atoms with Crippen LogP contribution in [0, 0.1) is 0 Å². The van der Waals surface area contributed by atoms with Crippen molar-refractivity contribution in [2.24, 2.45) is 0 Å². The summed E-state index contributed by atoms with van der Waals surface area (Å²) in [5, 5.41) is 50.3. The number of carboxylic acid groups (broad SMARTS) is 2. The Labute approximate surface area is 176 Å². The summed E-state index contributed by atoms with van der Waals surface area (Å²) in [4.78, 5) is 22.0. The predicted octanol–water partition coefficient (Wildman–Crippen LogP) is 2.50. The summed E-state index contributed by atoms with van der Waals surface area (Å²) in [6.07, 6.45) is 0.500. The number of aliphatic hydroxyl groups is 2. The second-order valence-electron chi connectivity index (χ2n) is 5.15. The van der Waals surface area contributed by atoms with Crippen LogP contribution in [0.25, 0.3) is 0 Å². The summed E-state index contributed by atoms with van der Waals surface area (Å²) in [6, 6.07) is 12.9. The minimum atomic E-state index is -0.840. The average molecular weight is 445 g/mol. The van der Waals surface area contributed by atoms with Crippen molar-refractivity contribution >= 4 is 35.5 Å². The Kier molecular flexibility index (Phi) is 15.2. The smallest absolute Gasteiger partial charge is 0.313 e. The third-order valence-corrected chi connectivity index (χ3v) is 4.71. The van der Waals surface area contributed by atoms with Gasteiger partial charge in [0.25, 0.3) is 0 Å². The Hall–Kier alpha value is -2.40. The van der Waals surface area contributed by atoms with Crippen molar-refractivity contribution in [1.29, 1.82) is 0 Å². The van der Waals surface area contributed by atoms with Crippen molar-refractivity contribution < 1.29 is 40.2 Å². The number of aromatic hydroxyl groups is 2. The van der Waals surface area contributed by atoms with Gasteiger partial charge in [0.2, 0.25) is 0 Å². The highest BCUT2D eigenvalue weighted by Crippen LogP contribution is 2.20. The zero-order chi connectivity index (χ0) is 22.1. The van der Waals surface area contributed by atoms with Gasteiger partial charge in [0.15, 0.2) is 0 Å². The van der Waals surface area contributed by atoms with Crippen LogP contribution in [0.4, 0.5) is 0 Å². The van der Waals surface area contributed by atoms with Gasteiger partial charge in [-0.05, 0) is 55.0 Å². The number of aliphatic carboxylic acids is 2. The Bertz CT molecular complexity index is 644. The van der Waals surface area contributed by atoms with E-state index >= 15 is 0 Å². The summed E-state index contributed by atoms with van der Waals surface area (Å²) in [6.45, 7) is 0.188. The fourth-order valence-corrected chi connectivity index (χ4v) is 2.68. The van der Waals surface area contributed by atoms with E-state index in [2.05, 4.69) is 0 Å². The Morgan fingerprint density at radius 2 is 0.966 bits per heavy atom. The van der Waals surface area contributed by atoms with E-state index in [0.29, 0.717) is 6.42 Å². The molecule has 0 fully saturated rings. The highest BCUT2D eigenvalue weighted by atomic mass is 32.2. The van der Waals surface area contributed by atoms with Crippen molar-refractivity contribution in [1.82, 2.24) is 0 Å². The molecule has 0 aliphatic carbocycles. The topological polar surface area (TPSA) is 156 Å². The van der Waals surface area contributed by atoms with Crippen molar-refractivity contribution in [3.63, 3.8) is 0 Å². The molecule has 0 heterocycles. The largest absolute Gasteiger partial charge is 0.508 e. The SMILES string of the molecule is O=C(O)CSc1ccc(O)cc1.O=C(O)CSc1ccc(O)cc1.OCCCO. The van der Waals surface area contributed by atoms with Gasteiger partial charge in [-0.15, -0.1) is 23.5 Å². The number of benzene rings is 2. The van der Waals surface area contributed by atoms with E-state index in [1.54, 1.807) is 24.3 Å². The van der Waals surface area contributed by atoms with Crippen molar-refractivity contribution in [3.8, 4) is 11.5 Å². The molecule has 0 aromatic heterocycles. The average Bonchev–Trinajstić information content (AvgIpc) is 2.69. The molecule has 160 valence electrons. The van der Waals surface area contributed by atoms with E-state index in [9.17, 15) is 9.59 Å². The number of carbonyl (C=O) groups is 2. The highest BCUT2D eigenvalue weighted by molar-refractivity contribution is 8.00. The van der Waals surface area contributed by atoms with E-state index in [4.69, 9.17) is 30.6 Å². The second kappa shape index (κ2) is 16.5. The maximum Gasteiger partial charge on any atom is 0.313 e. The number of hydrogen-bond donors (Lipinski definition) is 6. The molecule has 2 aromatic carbocycles. The molecule has 0 radical (unpaired) electrons. The Morgan fingerprint density at radius 1 is 0.655 bits per heavy atom. The van der Waals surface area contributed by atoms with Crippen molar-refractivity contribution in [2.75, 3.05) is 24.7 Å². The van der Waals surface area contributed by atoms with Crippen LogP contribution >= 0.6 is 23.5 Å². The molecule has 6 N–H and O–H groups in total. The maximum absolute atomic E-state index is 10.2. The fourth-order valence-electron chi connectivity index (χ4n) is 1.45. The minimum absolute atomic E-state index is 0.0464. The first-order valence-electron chi connectivity index (χ1n) is 8.27. The van der Waals surface area contributed by atoms with E-state index in [0.717, 1.165) is 9.79 Å². The molecule has 0 atom stereocenters. The van der Waals surface area contributed by atoms with Gasteiger partial charge >= 0.3 is 11.9 Å². The van der Waals surface area contributed by atoms with Crippen LogP contribution in [0.5, 0.6) is 11.5 Å². The number of aliphatic hydroxyl groups excluding tert-OH is 2. The predicted molar refractivity (Wildman–Crippen MR) is 112 cm³/mol. The van der Waals surface area contributed by atoms with Gasteiger partial charge in [0.1, 0.15) is 11.5 Å². The zero-order valence-electron chi connectivity index (χ0n) is 15.5. The van der Waals surface area contributed by atoms with Crippen LogP contribution < -0.4 is 0 Å². The van der Waals surface area contributed by atoms with Gasteiger partial charge in [-0.1, -0.05) is 0 Å². The maximum atomic E-state index is 10.2. The van der Waals surface area contributed by atoms with Gasteiger partial charge < -0.3 is 30.6 Å². The second-order valence-corrected chi connectivity index (χ2v) is 7.25. The molecule has 0 aliphatic rings. The number of phenolic OH excluding ortho intramolecular Hbond substituents is 2. The third kappa shape index (κ3) is 16.3. The van der Waals surface area contributed by atoms with Crippen LogP contribution in [-0.4, -0.2) is 67.3 Å². The zero-order valence-corrected chi connectivity index (χ0v) is 17.1. The first kappa shape index (κ1) is 26.6. The molecular formula is C19H24O8S2. The molecule has 0 amide bonds. The molecule has 10 heteroatoms. The van der Waals surface area contributed by atoms with Crippen LogP contribution in [0.1, 0.15) is 6.42 Å². The van der Waals surface area contributed by atoms with Gasteiger partial charge in [-0.25, -0.2) is 0 Å². The lowest BCUT2D eigenvalue weighted by Gasteiger charge is -1.97. The lowest BCUT2D eigenvalue weighted by atomic mass is 10.3. The van der Waals surface area contributed by atoms with Crippen molar-refractivity contribution in [3.05, 3.63) is 48.5 Å². The monoisotopic (exact) mass is 444 g/mol. The molecule has 2 aromatic rings. The molecule has 0 spiro atoms. The highest BCUT2D eigenvalue weighted by Gasteiger charge is 1.99. The molecule has 0 aliphatic heterocycles. The molecule has 8 nitrogen and oxygen atoms in total. The summed E-state index contributed by atoms with van der Waals surface area (Å²) in [5.41, 5.74) is 0. The van der Waals surface area contributed by atoms with E-state index in [1.807, 2.05) is 0 Å². The summed E-state index contributed by atoms with van der Waals surface area (Å²) < 4.78 is 0. The van der Waals surface area contributed by atoms with Gasteiger partial charge in [-0.2, -0.15) is 0 Å². The Balaban J connectivity index is 0.000000442. The van der Waals surface area contributed by atoms with Gasteiger partial charge in [0.05, 0.1) is 11.5 Å². The number of carboxylic acids is 2. The van der Waals surface area contributed by atoms with Gasteiger partial charge in [-0.3, -0.25) is 9.59 Å². The molecule has 0 bridgehead atoms. The fraction of sp³-hybridized carbons (Fsp3) is 0.263. The minimum Gasteiger partial charge on any atom is -0.508 e. The summed E-state index contributed by atoms with van der Waals surface area (Å²) >= 11 is 2.45. The van der Waals surface area contributed by atoms with Crippen LogP contribution in [0.15, 0.2) is 58.3 Å². The molecule has 0 unspecified atom stereocenters. The lowest BCUT2D eigenvalue weighted by Crippen LogP contribution is -1.96. The first-order chi connectivity index (χ1) is 13.8. The number of hydrogen-bond acceptors (Lipinski definition) is 8. The van der Waals surface area contributed by atoms with Crippen LogP contribution in [0.2, 0.25) is 0 Å². The standard InChI is InChI=1S/2C8H8O3S.C3H8O2/c2*9-6-1-3-7(4-2-6)12-5-8(10)11;4-2-1-3-5/h2*1-4,9H,5H2,(H,10,11);4-5H,1-3H2. The lowest BCUT2D eigenvalue weighted by molar-refractivity contribution is -0.134. The van der Waals surface area contributed by atoms with E-state index in [1.165, 1.54) is 47.8 Å². The quantitative estimate of drug-likeness (QED) is 0.334. The van der Waals surface area contributed by atoms with E-state index in [-0.39, 0.29) is 36.2 Å². The molecule has 29 heavy (non-hydrogen) atoms. The number of phenols is 2. The molecular weight excluding hydrogens is 420 g/mol. The van der Waals surface area contributed by atoms with Crippen LogP contribution in [-0.2, 0) is 9.59 Å². The normalized spacial score (nSPS) is 9.45. The van der Waals surface area contributed by atoms with Crippen molar-refractivity contribution in [2.45, 2.75) is 16.2 Å². The Morgan fingerprint density at radius 3 is 1.17 bits per heavy atom. The van der Waals surface area contributed by atoms with Gasteiger partial charge in [0, 0.05) is 23.0 Å². The third-order valence-electron chi connectivity index (χ3n) is 2.71.